The quantitative estimate of drug-likeness (QED) is 0.741. The molecule has 2 nitrogen and oxygen atoms in total. The first-order valence-corrected chi connectivity index (χ1v) is 5.04. The summed E-state index contributed by atoms with van der Waals surface area (Å²) in [4.78, 5) is 14.5. The normalized spacial score (nSPS) is 10.6. The molecular formula is C10H8INO. The van der Waals surface area contributed by atoms with Gasteiger partial charge in [0.15, 0.2) is 5.43 Å². The number of pyridine rings is 1. The van der Waals surface area contributed by atoms with Crippen LogP contribution in [0.1, 0.15) is 5.56 Å². The molecule has 1 heterocycles. The predicted molar refractivity (Wildman–Crippen MR) is 62.0 cm³/mol. The van der Waals surface area contributed by atoms with Crippen LogP contribution >= 0.6 is 22.6 Å². The molecule has 1 aromatic carbocycles. The Morgan fingerprint density at radius 2 is 2.08 bits per heavy atom. The van der Waals surface area contributed by atoms with Crippen LogP contribution in [0.25, 0.3) is 10.9 Å². The van der Waals surface area contributed by atoms with Crippen molar-refractivity contribution in [3.05, 3.63) is 43.8 Å². The maximum absolute atomic E-state index is 11.4. The summed E-state index contributed by atoms with van der Waals surface area (Å²) in [5.74, 6) is 0. The van der Waals surface area contributed by atoms with Crippen LogP contribution in [-0.2, 0) is 0 Å². The lowest BCUT2D eigenvalue weighted by Gasteiger charge is -2.02. The van der Waals surface area contributed by atoms with E-state index in [0.717, 1.165) is 16.5 Å². The lowest BCUT2D eigenvalue weighted by Crippen LogP contribution is -2.01. The number of rotatable bonds is 0. The fraction of sp³-hybridized carbons (Fsp3) is 0.100. The SMILES string of the molecule is Cc1c(I)ccc2c(=O)cc[nH]c12. The second-order valence-corrected chi connectivity index (χ2v) is 4.10. The number of nitrogens with one attached hydrogen (secondary N) is 1. The van der Waals surface area contributed by atoms with E-state index >= 15 is 0 Å². The number of hydrogen-bond donors (Lipinski definition) is 1. The van der Waals surface area contributed by atoms with E-state index in [1.54, 1.807) is 12.3 Å². The van der Waals surface area contributed by atoms with Crippen LogP contribution in [0.3, 0.4) is 0 Å². The van der Waals surface area contributed by atoms with Gasteiger partial charge in [-0.25, -0.2) is 0 Å². The van der Waals surface area contributed by atoms with Gasteiger partial charge in [-0.3, -0.25) is 4.79 Å². The molecule has 0 bridgehead atoms. The molecule has 0 aliphatic rings. The number of fused-ring (bicyclic) bond motifs is 1. The fourth-order valence-corrected chi connectivity index (χ4v) is 1.82. The molecular weight excluding hydrogens is 277 g/mol. The lowest BCUT2D eigenvalue weighted by molar-refractivity contribution is 1.34. The van der Waals surface area contributed by atoms with Gasteiger partial charge in [0.2, 0.25) is 0 Å². The first-order valence-electron chi connectivity index (χ1n) is 3.96. The van der Waals surface area contributed by atoms with E-state index in [4.69, 9.17) is 0 Å². The number of aromatic nitrogens is 1. The average molecular weight is 285 g/mol. The molecule has 0 amide bonds. The van der Waals surface area contributed by atoms with Crippen molar-refractivity contribution in [1.29, 1.82) is 0 Å². The maximum atomic E-state index is 11.4. The van der Waals surface area contributed by atoms with Gasteiger partial charge in [0.25, 0.3) is 0 Å². The first kappa shape index (κ1) is 8.74. The minimum absolute atomic E-state index is 0.0771. The third-order valence-electron chi connectivity index (χ3n) is 2.13. The topological polar surface area (TPSA) is 32.9 Å². The van der Waals surface area contributed by atoms with Gasteiger partial charge in [0.05, 0.1) is 5.52 Å². The summed E-state index contributed by atoms with van der Waals surface area (Å²) >= 11 is 2.26. The van der Waals surface area contributed by atoms with Gasteiger partial charge in [0.1, 0.15) is 0 Å². The molecule has 1 N–H and O–H groups in total. The molecule has 66 valence electrons. The molecule has 0 unspecified atom stereocenters. The molecule has 0 atom stereocenters. The van der Waals surface area contributed by atoms with Crippen molar-refractivity contribution in [2.75, 3.05) is 0 Å². The Labute approximate surface area is 89.1 Å². The molecule has 0 aliphatic carbocycles. The van der Waals surface area contributed by atoms with Gasteiger partial charge in [0, 0.05) is 21.2 Å². The van der Waals surface area contributed by atoms with Crippen molar-refractivity contribution in [2.45, 2.75) is 6.92 Å². The Morgan fingerprint density at radius 1 is 1.31 bits per heavy atom. The first-order chi connectivity index (χ1) is 6.20. The monoisotopic (exact) mass is 285 g/mol. The Morgan fingerprint density at radius 3 is 2.85 bits per heavy atom. The standard InChI is InChI=1S/C10H8INO/c1-6-8(11)3-2-7-9(13)4-5-12-10(6)7/h2-5H,1H3,(H,12,13). The Balaban J connectivity index is 3.03. The fourth-order valence-electron chi connectivity index (χ4n) is 1.37. The highest BCUT2D eigenvalue weighted by molar-refractivity contribution is 14.1. The van der Waals surface area contributed by atoms with Gasteiger partial charge >= 0.3 is 0 Å². The number of benzene rings is 1. The molecule has 0 radical (unpaired) electrons. The van der Waals surface area contributed by atoms with Crippen LogP contribution < -0.4 is 5.43 Å². The number of H-pyrrole nitrogens is 1. The highest BCUT2D eigenvalue weighted by atomic mass is 127. The zero-order valence-corrected chi connectivity index (χ0v) is 9.25. The van der Waals surface area contributed by atoms with Crippen LogP contribution in [0.2, 0.25) is 0 Å². The molecule has 2 aromatic rings. The summed E-state index contributed by atoms with van der Waals surface area (Å²) < 4.78 is 1.17. The minimum atomic E-state index is 0.0771. The van der Waals surface area contributed by atoms with Crippen molar-refractivity contribution in [3.63, 3.8) is 0 Å². The number of aromatic amines is 1. The van der Waals surface area contributed by atoms with Crippen molar-refractivity contribution in [1.82, 2.24) is 4.98 Å². The average Bonchev–Trinajstić information content (AvgIpc) is 2.12. The van der Waals surface area contributed by atoms with E-state index in [1.165, 1.54) is 3.57 Å². The van der Waals surface area contributed by atoms with Gasteiger partial charge in [-0.2, -0.15) is 0 Å². The van der Waals surface area contributed by atoms with Gasteiger partial charge in [-0.1, -0.05) is 0 Å². The summed E-state index contributed by atoms with van der Waals surface area (Å²) in [7, 11) is 0. The second kappa shape index (κ2) is 3.14. The molecule has 3 heteroatoms. The Kier molecular flexibility index (Phi) is 2.11. The van der Waals surface area contributed by atoms with Gasteiger partial charge < -0.3 is 4.98 Å². The van der Waals surface area contributed by atoms with Crippen LogP contribution in [0.15, 0.2) is 29.2 Å². The zero-order chi connectivity index (χ0) is 9.42. The molecule has 2 rings (SSSR count). The molecule has 0 saturated carbocycles. The summed E-state index contributed by atoms with van der Waals surface area (Å²) in [5.41, 5.74) is 2.16. The predicted octanol–water partition coefficient (Wildman–Crippen LogP) is 2.44. The number of hydrogen-bond acceptors (Lipinski definition) is 1. The molecule has 0 spiro atoms. The van der Waals surface area contributed by atoms with Crippen LogP contribution in [-0.4, -0.2) is 4.98 Å². The Bertz CT molecular complexity index is 516. The van der Waals surface area contributed by atoms with E-state index in [1.807, 2.05) is 19.1 Å². The second-order valence-electron chi connectivity index (χ2n) is 2.94. The third kappa shape index (κ3) is 1.37. The van der Waals surface area contributed by atoms with E-state index in [2.05, 4.69) is 27.6 Å². The van der Waals surface area contributed by atoms with Gasteiger partial charge in [-0.15, -0.1) is 0 Å². The summed E-state index contributed by atoms with van der Waals surface area (Å²) in [6.45, 7) is 2.01. The molecule has 0 aliphatic heterocycles. The summed E-state index contributed by atoms with van der Waals surface area (Å²) in [6.07, 6.45) is 1.69. The lowest BCUT2D eigenvalue weighted by atomic mass is 10.1. The van der Waals surface area contributed by atoms with Crippen molar-refractivity contribution < 1.29 is 0 Å². The largest absolute Gasteiger partial charge is 0.361 e. The van der Waals surface area contributed by atoms with Crippen LogP contribution in [0.5, 0.6) is 0 Å². The maximum Gasteiger partial charge on any atom is 0.189 e. The van der Waals surface area contributed by atoms with Crippen molar-refractivity contribution in [2.24, 2.45) is 0 Å². The third-order valence-corrected chi connectivity index (χ3v) is 3.30. The molecule has 13 heavy (non-hydrogen) atoms. The molecule has 0 saturated heterocycles. The van der Waals surface area contributed by atoms with Crippen LogP contribution in [0.4, 0.5) is 0 Å². The van der Waals surface area contributed by atoms with Crippen molar-refractivity contribution >= 4 is 33.5 Å². The zero-order valence-electron chi connectivity index (χ0n) is 7.10. The highest BCUT2D eigenvalue weighted by Crippen LogP contribution is 2.18. The number of halogens is 1. The number of aryl methyl sites for hydroxylation is 1. The highest BCUT2D eigenvalue weighted by Gasteiger charge is 2.02. The summed E-state index contributed by atoms with van der Waals surface area (Å²) in [6, 6.07) is 5.38. The van der Waals surface area contributed by atoms with Gasteiger partial charge in [-0.05, 0) is 47.2 Å². The van der Waals surface area contributed by atoms with E-state index in [9.17, 15) is 4.79 Å². The summed E-state index contributed by atoms with van der Waals surface area (Å²) in [5, 5.41) is 0.764. The van der Waals surface area contributed by atoms with E-state index in [-0.39, 0.29) is 5.43 Å². The van der Waals surface area contributed by atoms with E-state index < -0.39 is 0 Å². The smallest absolute Gasteiger partial charge is 0.189 e. The van der Waals surface area contributed by atoms with Crippen molar-refractivity contribution in [3.8, 4) is 0 Å². The minimum Gasteiger partial charge on any atom is -0.361 e. The molecule has 1 aromatic heterocycles. The van der Waals surface area contributed by atoms with E-state index in [0.29, 0.717) is 0 Å². The van der Waals surface area contributed by atoms with Crippen LogP contribution in [0, 0.1) is 10.5 Å². The molecule has 0 fully saturated rings. The Hall–Kier alpha value is -0.840.